The van der Waals surface area contributed by atoms with E-state index in [9.17, 15) is 18.1 Å². The second-order valence-electron chi connectivity index (χ2n) is 5.69. The molecule has 0 bridgehead atoms. The molecule has 1 unspecified atom stereocenters. The lowest BCUT2D eigenvalue weighted by molar-refractivity contribution is -0.109. The maximum absolute atomic E-state index is 14.1. The Morgan fingerprint density at radius 2 is 2.05 bits per heavy atom. The Labute approximate surface area is 134 Å². The third kappa shape index (κ3) is 4.48. The van der Waals surface area contributed by atoms with Gasteiger partial charge in [-0.05, 0) is 39.0 Å². The van der Waals surface area contributed by atoms with Gasteiger partial charge in [-0.1, -0.05) is 15.9 Å². The highest BCUT2D eigenvalue weighted by Gasteiger charge is 2.42. The van der Waals surface area contributed by atoms with Crippen LogP contribution in [0.2, 0.25) is 0 Å². The summed E-state index contributed by atoms with van der Waals surface area (Å²) in [4.78, 5) is 10.9. The first-order valence-corrected chi connectivity index (χ1v) is 8.25. The van der Waals surface area contributed by atoms with Gasteiger partial charge in [0.2, 0.25) is 0 Å². The molecule has 0 aliphatic heterocycles. The van der Waals surface area contributed by atoms with E-state index >= 15 is 0 Å². The van der Waals surface area contributed by atoms with E-state index in [2.05, 4.69) is 20.7 Å². The van der Waals surface area contributed by atoms with Crippen LogP contribution in [0.15, 0.2) is 22.7 Å². The Morgan fingerprint density at radius 3 is 2.52 bits per heavy atom. The predicted octanol–water partition coefficient (Wildman–Crippen LogP) is 3.39. The monoisotopic (exact) mass is 381 g/mol. The summed E-state index contributed by atoms with van der Waals surface area (Å²) < 4.78 is 42.5. The summed E-state index contributed by atoms with van der Waals surface area (Å²) in [6.07, 6.45) is 0.172. The quantitative estimate of drug-likeness (QED) is 0.606. The molecular formula is C14H18BrF2NO2S. The SMILES string of the molecule is CC(C)(C)[S@@+]([O-])NC(CF)(CC=O)c1cc(Br)ccc1F. The second kappa shape index (κ2) is 7.17. The molecule has 0 fully saturated rings. The fourth-order valence-corrected chi connectivity index (χ4v) is 2.97. The molecule has 1 aromatic carbocycles. The van der Waals surface area contributed by atoms with Crippen LogP contribution in [0.5, 0.6) is 0 Å². The summed E-state index contributed by atoms with van der Waals surface area (Å²) >= 11 is 1.54. The molecule has 0 amide bonds. The van der Waals surface area contributed by atoms with Crippen molar-refractivity contribution in [3.63, 3.8) is 0 Å². The van der Waals surface area contributed by atoms with Crippen molar-refractivity contribution in [2.45, 2.75) is 37.5 Å². The van der Waals surface area contributed by atoms with Crippen LogP contribution < -0.4 is 4.72 Å². The number of nitrogens with one attached hydrogen (secondary N) is 1. The topological polar surface area (TPSA) is 52.2 Å². The standard InChI is InChI=1S/C14H18BrF2NO2S/c1-13(2,3)21(20)18-14(9-16,6-7-19)11-8-10(15)4-5-12(11)17/h4-5,7-8,18H,6,9H2,1-3H3/t14?,21-/m1/s1. The average molecular weight is 382 g/mol. The van der Waals surface area contributed by atoms with Crippen molar-refractivity contribution in [1.29, 1.82) is 0 Å². The zero-order chi connectivity index (χ0) is 16.3. The van der Waals surface area contributed by atoms with E-state index in [1.807, 2.05) is 0 Å². The van der Waals surface area contributed by atoms with E-state index < -0.39 is 34.1 Å². The summed E-state index contributed by atoms with van der Waals surface area (Å²) in [5.74, 6) is -0.656. The van der Waals surface area contributed by atoms with Crippen molar-refractivity contribution in [3.8, 4) is 0 Å². The van der Waals surface area contributed by atoms with E-state index in [0.717, 1.165) is 0 Å². The molecule has 2 atom stereocenters. The normalized spacial score (nSPS) is 16.3. The van der Waals surface area contributed by atoms with Gasteiger partial charge in [0.05, 0.1) is 0 Å². The summed E-state index contributed by atoms with van der Waals surface area (Å²) in [6, 6.07) is 4.05. The average Bonchev–Trinajstić information content (AvgIpc) is 2.39. The molecule has 0 saturated heterocycles. The largest absolute Gasteiger partial charge is 0.598 e. The molecular weight excluding hydrogens is 364 g/mol. The Kier molecular flexibility index (Phi) is 6.34. The number of alkyl halides is 1. The third-order valence-electron chi connectivity index (χ3n) is 2.95. The third-order valence-corrected chi connectivity index (χ3v) is 5.13. The van der Waals surface area contributed by atoms with Crippen molar-refractivity contribution >= 4 is 33.6 Å². The van der Waals surface area contributed by atoms with Gasteiger partial charge in [0.25, 0.3) is 0 Å². The van der Waals surface area contributed by atoms with Crippen LogP contribution in [0.4, 0.5) is 8.78 Å². The first-order chi connectivity index (χ1) is 9.66. The van der Waals surface area contributed by atoms with Crippen molar-refractivity contribution < 1.29 is 18.1 Å². The van der Waals surface area contributed by atoms with Gasteiger partial charge in [-0.25, -0.2) is 8.78 Å². The molecule has 118 valence electrons. The van der Waals surface area contributed by atoms with Crippen LogP contribution in [0, 0.1) is 5.82 Å². The first kappa shape index (κ1) is 18.5. The smallest absolute Gasteiger partial charge is 0.136 e. The van der Waals surface area contributed by atoms with Crippen molar-refractivity contribution in [2.75, 3.05) is 6.67 Å². The Hall–Kier alpha value is -0.500. The number of hydrogen-bond donors (Lipinski definition) is 1. The molecule has 0 aliphatic carbocycles. The number of benzene rings is 1. The Balaban J connectivity index is 3.32. The maximum Gasteiger partial charge on any atom is 0.136 e. The number of carbonyl (C=O) groups is 1. The fourth-order valence-electron chi connectivity index (χ4n) is 1.70. The van der Waals surface area contributed by atoms with Crippen LogP contribution in [-0.2, 0) is 21.7 Å². The maximum atomic E-state index is 14.1. The highest BCUT2D eigenvalue weighted by molar-refractivity contribution is 9.10. The van der Waals surface area contributed by atoms with Crippen LogP contribution in [0.25, 0.3) is 0 Å². The van der Waals surface area contributed by atoms with Crippen LogP contribution >= 0.6 is 15.9 Å². The van der Waals surface area contributed by atoms with E-state index in [1.165, 1.54) is 18.2 Å². The van der Waals surface area contributed by atoms with Gasteiger partial charge in [-0.15, -0.1) is 4.72 Å². The molecule has 0 aromatic heterocycles. The van der Waals surface area contributed by atoms with Gasteiger partial charge < -0.3 is 9.35 Å². The van der Waals surface area contributed by atoms with E-state index in [4.69, 9.17) is 0 Å². The Morgan fingerprint density at radius 1 is 1.43 bits per heavy atom. The lowest BCUT2D eigenvalue weighted by Gasteiger charge is -2.35. The molecule has 3 nitrogen and oxygen atoms in total. The highest BCUT2D eigenvalue weighted by Crippen LogP contribution is 2.32. The van der Waals surface area contributed by atoms with Crippen molar-refractivity contribution in [3.05, 3.63) is 34.1 Å². The van der Waals surface area contributed by atoms with Gasteiger partial charge in [0.15, 0.2) is 0 Å². The summed E-state index contributed by atoms with van der Waals surface area (Å²) in [5.41, 5.74) is -1.67. The van der Waals surface area contributed by atoms with Crippen LogP contribution in [0.1, 0.15) is 32.8 Å². The molecule has 1 rings (SSSR count). The van der Waals surface area contributed by atoms with Gasteiger partial charge in [0.1, 0.15) is 29.1 Å². The number of aldehydes is 1. The lowest BCUT2D eigenvalue weighted by atomic mass is 9.89. The van der Waals surface area contributed by atoms with Gasteiger partial charge in [-0.3, -0.25) is 0 Å². The molecule has 21 heavy (non-hydrogen) atoms. The number of rotatable bonds is 6. The summed E-state index contributed by atoms with van der Waals surface area (Å²) in [5, 5.41) is 0. The van der Waals surface area contributed by atoms with E-state index in [0.29, 0.717) is 10.8 Å². The van der Waals surface area contributed by atoms with Gasteiger partial charge in [0, 0.05) is 27.8 Å². The Bertz CT molecular complexity index is 510. The molecule has 0 saturated carbocycles. The molecule has 1 aromatic rings. The van der Waals surface area contributed by atoms with Crippen LogP contribution in [-0.4, -0.2) is 22.3 Å². The highest BCUT2D eigenvalue weighted by atomic mass is 79.9. The molecule has 0 heterocycles. The van der Waals surface area contributed by atoms with Crippen molar-refractivity contribution in [1.82, 2.24) is 4.72 Å². The van der Waals surface area contributed by atoms with Crippen LogP contribution in [0.3, 0.4) is 0 Å². The molecule has 0 aliphatic rings. The number of carbonyl (C=O) groups excluding carboxylic acids is 1. The van der Waals surface area contributed by atoms with E-state index in [1.54, 1.807) is 20.8 Å². The number of halogens is 3. The molecule has 7 heteroatoms. The molecule has 0 spiro atoms. The number of hydrogen-bond acceptors (Lipinski definition) is 3. The zero-order valence-corrected chi connectivity index (χ0v) is 14.5. The molecule has 1 N–H and O–H groups in total. The summed E-state index contributed by atoms with van der Waals surface area (Å²) in [6.45, 7) is 4.06. The zero-order valence-electron chi connectivity index (χ0n) is 12.1. The second-order valence-corrected chi connectivity index (χ2v) is 8.58. The minimum Gasteiger partial charge on any atom is -0.598 e. The minimum atomic E-state index is -1.65. The van der Waals surface area contributed by atoms with Gasteiger partial charge >= 0.3 is 0 Å². The van der Waals surface area contributed by atoms with Gasteiger partial charge in [-0.2, -0.15) is 0 Å². The first-order valence-electron chi connectivity index (χ1n) is 6.31. The minimum absolute atomic E-state index is 0.0240. The van der Waals surface area contributed by atoms with E-state index in [-0.39, 0.29) is 12.0 Å². The molecule has 0 radical (unpaired) electrons. The van der Waals surface area contributed by atoms with Crippen molar-refractivity contribution in [2.24, 2.45) is 0 Å². The predicted molar refractivity (Wildman–Crippen MR) is 83.5 cm³/mol. The fraction of sp³-hybridized carbons (Fsp3) is 0.500. The summed E-state index contributed by atoms with van der Waals surface area (Å²) in [7, 11) is 0. The lowest BCUT2D eigenvalue weighted by Crippen LogP contribution is -2.53.